The summed E-state index contributed by atoms with van der Waals surface area (Å²) in [6.07, 6.45) is 3.72. The number of hydrogen-bond donors (Lipinski definition) is 1. The molecule has 0 saturated carbocycles. The van der Waals surface area contributed by atoms with Crippen molar-refractivity contribution in [2.45, 2.75) is 32.4 Å². The van der Waals surface area contributed by atoms with Gasteiger partial charge in [0.05, 0.1) is 12.6 Å². The van der Waals surface area contributed by atoms with E-state index in [0.717, 1.165) is 35.4 Å². The summed E-state index contributed by atoms with van der Waals surface area (Å²) in [6.45, 7) is 3.40. The van der Waals surface area contributed by atoms with Gasteiger partial charge < -0.3 is 15.0 Å². The molecule has 0 radical (unpaired) electrons. The van der Waals surface area contributed by atoms with Gasteiger partial charge in [-0.2, -0.15) is 0 Å². The number of methoxy groups -OCH3 is 1. The zero-order valence-electron chi connectivity index (χ0n) is 16.2. The average Bonchev–Trinajstić information content (AvgIpc) is 2.74. The van der Waals surface area contributed by atoms with Gasteiger partial charge in [0.25, 0.3) is 0 Å². The molecule has 4 rings (SSSR count). The van der Waals surface area contributed by atoms with Gasteiger partial charge in [-0.05, 0) is 49.1 Å². The Hall–Kier alpha value is -2.66. The Morgan fingerprint density at radius 3 is 2.64 bits per heavy atom. The fourth-order valence-electron chi connectivity index (χ4n) is 3.82. The Bertz CT molecular complexity index is 954. The lowest BCUT2D eigenvalue weighted by Gasteiger charge is -2.30. The highest BCUT2D eigenvalue weighted by Crippen LogP contribution is 2.26. The minimum atomic E-state index is -0.330. The minimum Gasteiger partial charge on any atom is -0.494 e. The van der Waals surface area contributed by atoms with Crippen LogP contribution in [0.5, 0.6) is 5.75 Å². The van der Waals surface area contributed by atoms with Crippen LogP contribution in [0.15, 0.2) is 48.5 Å². The molecule has 0 aliphatic carbocycles. The van der Waals surface area contributed by atoms with Crippen molar-refractivity contribution in [1.29, 1.82) is 0 Å². The Balaban J connectivity index is 1.54. The maximum Gasteiger partial charge on any atom is 0.165 e. The summed E-state index contributed by atoms with van der Waals surface area (Å²) in [7, 11) is 1.48. The fraction of sp³-hybridized carbons (Fsp3) is 0.348. The molecule has 0 amide bonds. The van der Waals surface area contributed by atoms with Gasteiger partial charge in [0.15, 0.2) is 11.6 Å². The molecule has 146 valence electrons. The third-order valence-corrected chi connectivity index (χ3v) is 5.30. The summed E-state index contributed by atoms with van der Waals surface area (Å²) in [5.41, 5.74) is 3.12. The second kappa shape index (κ2) is 8.57. The topological polar surface area (TPSA) is 37.4 Å². The van der Waals surface area contributed by atoms with Crippen molar-refractivity contribution >= 4 is 16.7 Å². The van der Waals surface area contributed by atoms with Crippen molar-refractivity contribution in [1.82, 2.24) is 10.3 Å². The number of pyridine rings is 1. The predicted molar refractivity (Wildman–Crippen MR) is 111 cm³/mol. The molecule has 1 aromatic heterocycles. The predicted octanol–water partition coefficient (Wildman–Crippen LogP) is 4.66. The number of fused-ring (bicyclic) bond motifs is 1. The van der Waals surface area contributed by atoms with Crippen molar-refractivity contribution in [3.05, 3.63) is 65.5 Å². The third kappa shape index (κ3) is 4.09. The summed E-state index contributed by atoms with van der Waals surface area (Å²) in [6, 6.07) is 15.6. The van der Waals surface area contributed by atoms with E-state index in [-0.39, 0.29) is 11.6 Å². The van der Waals surface area contributed by atoms with E-state index in [0.29, 0.717) is 13.1 Å². The number of benzene rings is 2. The van der Waals surface area contributed by atoms with Gasteiger partial charge in [-0.25, -0.2) is 9.37 Å². The molecule has 0 unspecified atom stereocenters. The summed E-state index contributed by atoms with van der Waals surface area (Å²) >= 11 is 0. The van der Waals surface area contributed by atoms with Gasteiger partial charge in [0.2, 0.25) is 0 Å². The Morgan fingerprint density at radius 1 is 1.04 bits per heavy atom. The van der Waals surface area contributed by atoms with Crippen molar-refractivity contribution < 1.29 is 9.13 Å². The standard InChI is InChI=1S/C23H26FN3O/c1-28-22-10-9-17(13-20(22)24)15-25-16-19-14-18-7-3-4-8-21(18)26-23(19)27-11-5-2-6-12-27/h3-4,7-10,13-14,25H,2,5-6,11-12,15-16H2,1H3. The van der Waals surface area contributed by atoms with Crippen molar-refractivity contribution in [2.24, 2.45) is 0 Å². The zero-order chi connectivity index (χ0) is 19.3. The molecule has 1 aliphatic rings. The van der Waals surface area contributed by atoms with Gasteiger partial charge >= 0.3 is 0 Å². The molecule has 0 spiro atoms. The van der Waals surface area contributed by atoms with Crippen LogP contribution in [0.4, 0.5) is 10.2 Å². The number of aromatic nitrogens is 1. The lowest BCUT2D eigenvalue weighted by Crippen LogP contribution is -2.31. The molecule has 1 fully saturated rings. The molecule has 1 saturated heterocycles. The van der Waals surface area contributed by atoms with Gasteiger partial charge in [0, 0.05) is 37.1 Å². The molecule has 5 heteroatoms. The van der Waals surface area contributed by atoms with Crippen LogP contribution >= 0.6 is 0 Å². The van der Waals surface area contributed by atoms with Crippen LogP contribution in [0.2, 0.25) is 0 Å². The van der Waals surface area contributed by atoms with E-state index in [1.54, 1.807) is 6.07 Å². The molecule has 4 nitrogen and oxygen atoms in total. The molecular weight excluding hydrogens is 353 g/mol. The second-order valence-electron chi connectivity index (χ2n) is 7.28. The van der Waals surface area contributed by atoms with Gasteiger partial charge in [-0.3, -0.25) is 0 Å². The molecule has 1 N–H and O–H groups in total. The molecule has 0 bridgehead atoms. The van der Waals surface area contributed by atoms with Crippen LogP contribution in [0, 0.1) is 5.82 Å². The average molecular weight is 379 g/mol. The Kier molecular flexibility index (Phi) is 5.72. The molecule has 3 aromatic rings. The summed E-state index contributed by atoms with van der Waals surface area (Å²) in [5, 5.41) is 4.60. The van der Waals surface area contributed by atoms with E-state index in [1.807, 2.05) is 18.2 Å². The number of piperidine rings is 1. The monoisotopic (exact) mass is 379 g/mol. The second-order valence-corrected chi connectivity index (χ2v) is 7.28. The SMILES string of the molecule is COc1ccc(CNCc2cc3ccccc3nc2N2CCCCC2)cc1F. The lowest BCUT2D eigenvalue weighted by atomic mass is 10.1. The number of hydrogen-bond acceptors (Lipinski definition) is 4. The van der Waals surface area contributed by atoms with Crippen LogP contribution in [0.1, 0.15) is 30.4 Å². The third-order valence-electron chi connectivity index (χ3n) is 5.30. The van der Waals surface area contributed by atoms with Gasteiger partial charge in [-0.1, -0.05) is 24.3 Å². The van der Waals surface area contributed by atoms with Gasteiger partial charge in [0.1, 0.15) is 5.82 Å². The molecule has 2 aromatic carbocycles. The van der Waals surface area contributed by atoms with E-state index < -0.39 is 0 Å². The van der Waals surface area contributed by atoms with E-state index in [9.17, 15) is 4.39 Å². The van der Waals surface area contributed by atoms with E-state index in [1.165, 1.54) is 38.0 Å². The first kappa shape index (κ1) is 18.7. The summed E-state index contributed by atoms with van der Waals surface area (Å²) < 4.78 is 18.9. The number of anilines is 1. The number of nitrogens with zero attached hydrogens (tertiary/aromatic N) is 2. The summed E-state index contributed by atoms with van der Waals surface area (Å²) in [5.74, 6) is 1.02. The zero-order valence-corrected chi connectivity index (χ0v) is 16.2. The number of para-hydroxylation sites is 1. The van der Waals surface area contributed by atoms with Crippen LogP contribution in [-0.4, -0.2) is 25.2 Å². The van der Waals surface area contributed by atoms with Crippen molar-refractivity contribution in [3.8, 4) is 5.75 Å². The quantitative estimate of drug-likeness (QED) is 0.676. The number of nitrogens with one attached hydrogen (secondary N) is 1. The maximum absolute atomic E-state index is 13.9. The lowest BCUT2D eigenvalue weighted by molar-refractivity contribution is 0.386. The van der Waals surface area contributed by atoms with Crippen molar-refractivity contribution in [3.63, 3.8) is 0 Å². The smallest absolute Gasteiger partial charge is 0.165 e. The fourth-order valence-corrected chi connectivity index (χ4v) is 3.82. The van der Waals surface area contributed by atoms with Gasteiger partial charge in [-0.15, -0.1) is 0 Å². The molecular formula is C23H26FN3O. The first-order chi connectivity index (χ1) is 13.7. The van der Waals surface area contributed by atoms with Crippen LogP contribution in [-0.2, 0) is 13.1 Å². The van der Waals surface area contributed by atoms with Crippen LogP contribution in [0.3, 0.4) is 0 Å². The molecule has 28 heavy (non-hydrogen) atoms. The highest BCUT2D eigenvalue weighted by Gasteiger charge is 2.17. The minimum absolute atomic E-state index is 0.273. The normalized spacial score (nSPS) is 14.4. The number of rotatable bonds is 6. The number of ether oxygens (including phenoxy) is 1. The molecule has 0 atom stereocenters. The van der Waals surface area contributed by atoms with Crippen LogP contribution in [0.25, 0.3) is 10.9 Å². The molecule has 1 aliphatic heterocycles. The first-order valence-electron chi connectivity index (χ1n) is 9.91. The molecule has 2 heterocycles. The Labute approximate surface area is 165 Å². The maximum atomic E-state index is 13.9. The van der Waals surface area contributed by atoms with E-state index in [2.05, 4.69) is 28.4 Å². The van der Waals surface area contributed by atoms with E-state index in [4.69, 9.17) is 9.72 Å². The highest BCUT2D eigenvalue weighted by atomic mass is 19.1. The number of halogens is 1. The highest BCUT2D eigenvalue weighted by molar-refractivity contribution is 5.81. The van der Waals surface area contributed by atoms with Crippen LogP contribution < -0.4 is 15.0 Å². The van der Waals surface area contributed by atoms with E-state index >= 15 is 0 Å². The Morgan fingerprint density at radius 2 is 1.86 bits per heavy atom. The van der Waals surface area contributed by atoms with Crippen molar-refractivity contribution in [2.75, 3.05) is 25.1 Å². The summed E-state index contributed by atoms with van der Waals surface area (Å²) in [4.78, 5) is 7.37. The largest absolute Gasteiger partial charge is 0.494 e. The first-order valence-corrected chi connectivity index (χ1v) is 9.91.